The van der Waals surface area contributed by atoms with Crippen molar-refractivity contribution < 1.29 is 14.3 Å². The molecule has 0 saturated carbocycles. The van der Waals surface area contributed by atoms with Crippen molar-refractivity contribution in [1.29, 1.82) is 0 Å². The maximum Gasteiger partial charge on any atom is 0.232 e. The van der Waals surface area contributed by atoms with Crippen LogP contribution in [0.4, 0.5) is 0 Å². The second-order valence-corrected chi connectivity index (χ2v) is 3.74. The summed E-state index contributed by atoms with van der Waals surface area (Å²) in [5, 5.41) is 3.14. The van der Waals surface area contributed by atoms with E-state index in [4.69, 9.17) is 4.74 Å². The third-order valence-corrected chi connectivity index (χ3v) is 2.70. The Kier molecular flexibility index (Phi) is 2.34. The Morgan fingerprint density at radius 3 is 2.53 bits per heavy atom. The highest BCUT2D eigenvalue weighted by Crippen LogP contribution is 2.26. The van der Waals surface area contributed by atoms with E-state index in [-0.39, 0.29) is 0 Å². The number of allylic oxidation sites excluding steroid dienone is 2. The molecule has 0 aromatic rings. The lowest BCUT2D eigenvalue weighted by atomic mass is 9.93. The van der Waals surface area contributed by atoms with Crippen LogP contribution < -0.4 is 5.32 Å². The zero-order valence-electron chi connectivity index (χ0n) is 8.85. The number of ether oxygens (including phenoxy) is 1. The average molecular weight is 207 g/mol. The zero-order chi connectivity index (χ0) is 11.0. The molecule has 2 aliphatic rings. The summed E-state index contributed by atoms with van der Waals surface area (Å²) in [6.45, 7) is 4.64. The van der Waals surface area contributed by atoms with E-state index < -0.39 is 11.6 Å². The SMILES string of the molecule is CC1=C2NCCCOC2=C(C)C(=O)C1=O. The Morgan fingerprint density at radius 1 is 1.13 bits per heavy atom. The van der Waals surface area contributed by atoms with Gasteiger partial charge in [-0.1, -0.05) is 0 Å². The fourth-order valence-corrected chi connectivity index (χ4v) is 1.77. The normalized spacial score (nSPS) is 22.0. The van der Waals surface area contributed by atoms with Crippen LogP contribution in [0.2, 0.25) is 0 Å². The summed E-state index contributed by atoms with van der Waals surface area (Å²) in [5.41, 5.74) is 1.56. The molecule has 1 saturated heterocycles. The number of fused-ring (bicyclic) bond motifs is 1. The number of nitrogens with one attached hydrogen (secondary N) is 1. The van der Waals surface area contributed by atoms with Crippen molar-refractivity contribution in [2.24, 2.45) is 0 Å². The topological polar surface area (TPSA) is 55.4 Å². The van der Waals surface area contributed by atoms with Gasteiger partial charge >= 0.3 is 0 Å². The standard InChI is InChI=1S/C11H13NO3/c1-6-8-11(15-5-3-4-12-8)7(2)10(14)9(6)13/h12H,3-5H2,1-2H3. The summed E-state index contributed by atoms with van der Waals surface area (Å²) in [4.78, 5) is 23.1. The van der Waals surface area contributed by atoms with E-state index in [1.54, 1.807) is 13.8 Å². The molecule has 0 bridgehead atoms. The van der Waals surface area contributed by atoms with Gasteiger partial charge in [-0.15, -0.1) is 0 Å². The van der Waals surface area contributed by atoms with Crippen LogP contribution in [0, 0.1) is 0 Å². The molecule has 0 spiro atoms. The van der Waals surface area contributed by atoms with E-state index in [2.05, 4.69) is 5.32 Å². The summed E-state index contributed by atoms with van der Waals surface area (Å²) in [6, 6.07) is 0. The van der Waals surface area contributed by atoms with Crippen LogP contribution in [0.25, 0.3) is 0 Å². The van der Waals surface area contributed by atoms with E-state index in [9.17, 15) is 9.59 Å². The second-order valence-electron chi connectivity index (χ2n) is 3.74. The van der Waals surface area contributed by atoms with Crippen LogP contribution in [0.1, 0.15) is 20.3 Å². The molecular weight excluding hydrogens is 194 g/mol. The van der Waals surface area contributed by atoms with Gasteiger partial charge in [-0.2, -0.15) is 0 Å². The van der Waals surface area contributed by atoms with Crippen LogP contribution in [-0.4, -0.2) is 24.7 Å². The molecule has 15 heavy (non-hydrogen) atoms. The van der Waals surface area contributed by atoms with Gasteiger partial charge in [-0.3, -0.25) is 9.59 Å². The number of Topliss-reactive ketones (excluding diaryl/α,β-unsaturated/α-hetero) is 2. The first-order chi connectivity index (χ1) is 7.13. The first kappa shape index (κ1) is 9.96. The molecule has 0 aromatic carbocycles. The van der Waals surface area contributed by atoms with E-state index in [1.807, 2.05) is 0 Å². The second kappa shape index (κ2) is 3.53. The molecular formula is C11H13NO3. The third-order valence-electron chi connectivity index (χ3n) is 2.70. The van der Waals surface area contributed by atoms with Gasteiger partial charge in [-0.25, -0.2) is 0 Å². The van der Waals surface area contributed by atoms with Crippen molar-refractivity contribution in [2.45, 2.75) is 20.3 Å². The third kappa shape index (κ3) is 1.46. The molecule has 2 rings (SSSR count). The number of carbonyl (C=O) groups is 2. The highest BCUT2D eigenvalue weighted by atomic mass is 16.5. The van der Waals surface area contributed by atoms with Gasteiger partial charge in [0.1, 0.15) is 5.76 Å². The number of rotatable bonds is 0. The largest absolute Gasteiger partial charge is 0.491 e. The first-order valence-electron chi connectivity index (χ1n) is 5.00. The summed E-state index contributed by atoms with van der Waals surface area (Å²) in [7, 11) is 0. The molecule has 1 N–H and O–H groups in total. The van der Waals surface area contributed by atoms with Gasteiger partial charge < -0.3 is 10.1 Å². The number of hydrogen-bond donors (Lipinski definition) is 1. The van der Waals surface area contributed by atoms with Gasteiger partial charge in [0.2, 0.25) is 11.6 Å². The van der Waals surface area contributed by atoms with Crippen molar-refractivity contribution in [3.63, 3.8) is 0 Å². The molecule has 1 aliphatic carbocycles. The van der Waals surface area contributed by atoms with Gasteiger partial charge in [0.15, 0.2) is 0 Å². The lowest BCUT2D eigenvalue weighted by Crippen LogP contribution is -2.29. The number of ketones is 2. The van der Waals surface area contributed by atoms with Gasteiger partial charge in [0.25, 0.3) is 0 Å². The van der Waals surface area contributed by atoms with Gasteiger partial charge in [0, 0.05) is 17.7 Å². The highest BCUT2D eigenvalue weighted by Gasteiger charge is 2.32. The quantitative estimate of drug-likeness (QED) is 0.469. The number of carbonyl (C=O) groups excluding carboxylic acids is 2. The summed E-state index contributed by atoms with van der Waals surface area (Å²) in [6.07, 6.45) is 0.871. The Balaban J connectivity index is 2.55. The first-order valence-corrected chi connectivity index (χ1v) is 5.00. The predicted octanol–water partition coefficient (Wildman–Crippen LogP) is 0.696. The van der Waals surface area contributed by atoms with Crippen molar-refractivity contribution in [3.8, 4) is 0 Å². The van der Waals surface area contributed by atoms with E-state index in [0.717, 1.165) is 13.0 Å². The Labute approximate surface area is 88.0 Å². The Hall–Kier alpha value is -1.58. The molecule has 0 atom stereocenters. The minimum Gasteiger partial charge on any atom is -0.491 e. The lowest BCUT2D eigenvalue weighted by molar-refractivity contribution is -0.132. The fourth-order valence-electron chi connectivity index (χ4n) is 1.77. The molecule has 0 aromatic heterocycles. The average Bonchev–Trinajstić information content (AvgIpc) is 2.48. The summed E-state index contributed by atoms with van der Waals surface area (Å²) >= 11 is 0. The van der Waals surface area contributed by atoms with Gasteiger partial charge in [0.05, 0.1) is 12.3 Å². The van der Waals surface area contributed by atoms with Crippen molar-refractivity contribution in [3.05, 3.63) is 22.6 Å². The van der Waals surface area contributed by atoms with Crippen molar-refractivity contribution in [2.75, 3.05) is 13.2 Å². The molecule has 1 fully saturated rings. The fraction of sp³-hybridized carbons (Fsp3) is 0.455. The lowest BCUT2D eigenvalue weighted by Gasteiger charge is -2.19. The molecule has 0 radical (unpaired) electrons. The minimum atomic E-state index is -0.449. The van der Waals surface area contributed by atoms with E-state index in [1.165, 1.54) is 0 Å². The minimum absolute atomic E-state index is 0.412. The van der Waals surface area contributed by atoms with Crippen LogP contribution in [-0.2, 0) is 14.3 Å². The van der Waals surface area contributed by atoms with E-state index >= 15 is 0 Å². The van der Waals surface area contributed by atoms with Crippen LogP contribution >= 0.6 is 0 Å². The maximum atomic E-state index is 11.6. The molecule has 80 valence electrons. The van der Waals surface area contributed by atoms with Crippen molar-refractivity contribution >= 4 is 11.6 Å². The highest BCUT2D eigenvalue weighted by molar-refractivity contribution is 6.50. The van der Waals surface area contributed by atoms with Crippen LogP contribution in [0.5, 0.6) is 0 Å². The molecule has 4 heteroatoms. The van der Waals surface area contributed by atoms with Crippen molar-refractivity contribution in [1.82, 2.24) is 5.32 Å². The smallest absolute Gasteiger partial charge is 0.232 e. The number of hydrogen-bond acceptors (Lipinski definition) is 4. The molecule has 4 nitrogen and oxygen atoms in total. The molecule has 1 heterocycles. The molecule has 0 unspecified atom stereocenters. The van der Waals surface area contributed by atoms with Crippen LogP contribution in [0.15, 0.2) is 22.6 Å². The molecule has 1 aliphatic heterocycles. The predicted molar refractivity (Wildman–Crippen MR) is 54.0 cm³/mol. The Morgan fingerprint density at radius 2 is 1.80 bits per heavy atom. The monoisotopic (exact) mass is 207 g/mol. The van der Waals surface area contributed by atoms with Crippen LogP contribution in [0.3, 0.4) is 0 Å². The summed E-state index contributed by atoms with van der Waals surface area (Å²) < 4.78 is 5.49. The Bertz CT molecular complexity index is 366. The van der Waals surface area contributed by atoms with Gasteiger partial charge in [-0.05, 0) is 20.3 Å². The van der Waals surface area contributed by atoms with E-state index in [0.29, 0.717) is 29.2 Å². The maximum absolute atomic E-state index is 11.6. The summed E-state index contributed by atoms with van der Waals surface area (Å²) in [5.74, 6) is -0.325. The molecule has 0 amide bonds. The zero-order valence-corrected chi connectivity index (χ0v) is 8.85.